The van der Waals surface area contributed by atoms with Crippen LogP contribution in [0.25, 0.3) is 0 Å². The zero-order valence-electron chi connectivity index (χ0n) is 13.3. The maximum Gasteiger partial charge on any atom is 0.239 e. The Hall–Kier alpha value is -1.39. The van der Waals surface area contributed by atoms with Crippen LogP contribution in [-0.2, 0) is 11.3 Å². The fourth-order valence-corrected chi connectivity index (χ4v) is 3.10. The molecule has 2 N–H and O–H groups in total. The molecule has 1 amide bonds. The van der Waals surface area contributed by atoms with E-state index in [2.05, 4.69) is 36.1 Å². The lowest BCUT2D eigenvalue weighted by molar-refractivity contribution is -0.134. The molecular formula is C17H27N3O. The average molecular weight is 289 g/mol. The van der Waals surface area contributed by atoms with Crippen LogP contribution < -0.4 is 5.73 Å². The van der Waals surface area contributed by atoms with E-state index >= 15 is 0 Å². The molecule has 0 aliphatic carbocycles. The van der Waals surface area contributed by atoms with Crippen molar-refractivity contribution in [3.63, 3.8) is 0 Å². The van der Waals surface area contributed by atoms with Gasteiger partial charge < -0.3 is 10.6 Å². The first-order chi connectivity index (χ1) is 9.99. The second-order valence-electron chi connectivity index (χ2n) is 6.22. The van der Waals surface area contributed by atoms with Gasteiger partial charge in [0.05, 0.1) is 6.04 Å². The molecule has 21 heavy (non-hydrogen) atoms. The minimum Gasteiger partial charge on any atom is -0.341 e. The van der Waals surface area contributed by atoms with E-state index in [1.54, 1.807) is 6.92 Å². The number of carbonyl (C=O) groups is 1. The van der Waals surface area contributed by atoms with Crippen molar-refractivity contribution in [1.29, 1.82) is 0 Å². The van der Waals surface area contributed by atoms with Crippen LogP contribution in [0.15, 0.2) is 30.3 Å². The first-order valence-electron chi connectivity index (χ1n) is 7.79. The molecule has 3 atom stereocenters. The second kappa shape index (κ2) is 7.05. The van der Waals surface area contributed by atoms with Crippen LogP contribution >= 0.6 is 0 Å². The molecule has 1 fully saturated rings. The van der Waals surface area contributed by atoms with Gasteiger partial charge in [-0.15, -0.1) is 0 Å². The highest BCUT2D eigenvalue weighted by Gasteiger charge is 2.30. The fraction of sp³-hybridized carbons (Fsp3) is 0.588. The van der Waals surface area contributed by atoms with E-state index in [9.17, 15) is 4.79 Å². The molecular weight excluding hydrogens is 262 g/mol. The van der Waals surface area contributed by atoms with Crippen molar-refractivity contribution in [2.24, 2.45) is 5.73 Å². The van der Waals surface area contributed by atoms with Gasteiger partial charge in [0, 0.05) is 32.2 Å². The smallest absolute Gasteiger partial charge is 0.239 e. The highest BCUT2D eigenvalue weighted by Crippen LogP contribution is 2.23. The molecule has 1 aromatic rings. The lowest BCUT2D eigenvalue weighted by atomic mass is 9.96. The van der Waals surface area contributed by atoms with Crippen molar-refractivity contribution >= 4 is 5.91 Å². The van der Waals surface area contributed by atoms with Gasteiger partial charge in [-0.3, -0.25) is 9.69 Å². The Labute approximate surface area is 127 Å². The molecule has 0 spiro atoms. The Morgan fingerprint density at radius 1 is 1.43 bits per heavy atom. The lowest BCUT2D eigenvalue weighted by Gasteiger charge is -2.41. The van der Waals surface area contributed by atoms with Gasteiger partial charge in [-0.2, -0.15) is 0 Å². The maximum absolute atomic E-state index is 12.0. The van der Waals surface area contributed by atoms with E-state index < -0.39 is 6.04 Å². The van der Waals surface area contributed by atoms with Crippen LogP contribution in [0.3, 0.4) is 0 Å². The van der Waals surface area contributed by atoms with Crippen molar-refractivity contribution in [3.8, 4) is 0 Å². The first kappa shape index (κ1) is 16.0. The van der Waals surface area contributed by atoms with Crippen LogP contribution in [0.2, 0.25) is 0 Å². The number of benzene rings is 1. The summed E-state index contributed by atoms with van der Waals surface area (Å²) in [5.74, 6) is 0.0451. The molecule has 0 radical (unpaired) electrons. The maximum atomic E-state index is 12.0. The molecule has 116 valence electrons. The fourth-order valence-electron chi connectivity index (χ4n) is 3.10. The van der Waals surface area contributed by atoms with Gasteiger partial charge in [0.1, 0.15) is 0 Å². The molecule has 1 aliphatic heterocycles. The Balaban J connectivity index is 1.91. The van der Waals surface area contributed by atoms with Gasteiger partial charge in [0.2, 0.25) is 5.91 Å². The van der Waals surface area contributed by atoms with E-state index in [1.165, 1.54) is 5.56 Å². The summed E-state index contributed by atoms with van der Waals surface area (Å²) in [5, 5.41) is 0. The Bertz CT molecular complexity index is 460. The minimum absolute atomic E-state index is 0.0451. The topological polar surface area (TPSA) is 49.6 Å². The molecule has 4 nitrogen and oxygen atoms in total. The number of carbonyl (C=O) groups excluding carboxylic acids is 1. The van der Waals surface area contributed by atoms with E-state index in [1.807, 2.05) is 18.0 Å². The number of piperidine rings is 1. The molecule has 0 bridgehead atoms. The average Bonchev–Trinajstić information content (AvgIpc) is 2.48. The predicted octanol–water partition coefficient (Wildman–Crippen LogP) is 1.85. The number of amides is 1. The molecule has 1 aliphatic rings. The number of likely N-dealkylation sites (tertiary alicyclic amines) is 1. The molecule has 1 saturated heterocycles. The van der Waals surface area contributed by atoms with Crippen LogP contribution in [0.4, 0.5) is 0 Å². The number of rotatable bonds is 4. The number of hydrogen-bond acceptors (Lipinski definition) is 3. The highest BCUT2D eigenvalue weighted by atomic mass is 16.2. The van der Waals surface area contributed by atoms with E-state index in [4.69, 9.17) is 5.73 Å². The highest BCUT2D eigenvalue weighted by molar-refractivity contribution is 5.81. The van der Waals surface area contributed by atoms with Gasteiger partial charge in [0.15, 0.2) is 0 Å². The number of nitrogens with two attached hydrogens (primary N) is 1. The number of hydrogen-bond donors (Lipinski definition) is 1. The van der Waals surface area contributed by atoms with Gasteiger partial charge in [0.25, 0.3) is 0 Å². The third-order valence-corrected chi connectivity index (χ3v) is 4.50. The van der Waals surface area contributed by atoms with Gasteiger partial charge >= 0.3 is 0 Å². The number of nitrogens with zero attached hydrogens (tertiary/aromatic N) is 2. The standard InChI is InChI=1S/C17H27N3O/c1-13-11-16(19(3)17(21)14(2)18)9-10-20(13)12-15-7-5-4-6-8-15/h4-8,13-14,16H,9-12,18H2,1-3H3/t13-,14+,16-/m1/s1. The Morgan fingerprint density at radius 2 is 2.10 bits per heavy atom. The Morgan fingerprint density at radius 3 is 2.67 bits per heavy atom. The summed E-state index contributed by atoms with van der Waals surface area (Å²) in [6, 6.07) is 10.9. The van der Waals surface area contributed by atoms with Crippen LogP contribution in [0.1, 0.15) is 32.3 Å². The van der Waals surface area contributed by atoms with Crippen LogP contribution in [-0.4, -0.2) is 47.4 Å². The molecule has 1 aromatic carbocycles. The van der Waals surface area contributed by atoms with E-state index in [-0.39, 0.29) is 5.91 Å². The molecule has 0 saturated carbocycles. The SMILES string of the molecule is C[C@H](N)C(=O)N(C)[C@@H]1CCN(Cc2ccccc2)[C@H](C)C1. The van der Waals surface area contributed by atoms with Crippen molar-refractivity contribution in [2.75, 3.05) is 13.6 Å². The van der Waals surface area contributed by atoms with E-state index in [0.29, 0.717) is 12.1 Å². The summed E-state index contributed by atoms with van der Waals surface area (Å²) in [5.41, 5.74) is 7.06. The summed E-state index contributed by atoms with van der Waals surface area (Å²) in [6.07, 6.45) is 2.04. The molecule has 4 heteroatoms. The van der Waals surface area contributed by atoms with Crippen molar-refractivity contribution in [3.05, 3.63) is 35.9 Å². The molecule has 2 rings (SSSR count). The molecule has 1 heterocycles. The quantitative estimate of drug-likeness (QED) is 0.920. The van der Waals surface area contributed by atoms with Crippen LogP contribution in [0.5, 0.6) is 0 Å². The summed E-state index contributed by atoms with van der Waals surface area (Å²) >= 11 is 0. The van der Waals surface area contributed by atoms with Gasteiger partial charge in [-0.05, 0) is 32.3 Å². The van der Waals surface area contributed by atoms with Crippen molar-refractivity contribution < 1.29 is 4.79 Å². The largest absolute Gasteiger partial charge is 0.341 e. The Kier molecular flexibility index (Phi) is 5.37. The first-order valence-corrected chi connectivity index (χ1v) is 7.79. The van der Waals surface area contributed by atoms with Crippen molar-refractivity contribution in [1.82, 2.24) is 9.80 Å². The van der Waals surface area contributed by atoms with E-state index in [0.717, 1.165) is 25.9 Å². The third kappa shape index (κ3) is 4.05. The second-order valence-corrected chi connectivity index (χ2v) is 6.22. The summed E-state index contributed by atoms with van der Waals surface area (Å²) in [4.78, 5) is 16.4. The zero-order valence-corrected chi connectivity index (χ0v) is 13.3. The monoisotopic (exact) mass is 289 g/mol. The molecule has 0 aromatic heterocycles. The summed E-state index contributed by atoms with van der Waals surface area (Å²) in [6.45, 7) is 6.02. The van der Waals surface area contributed by atoms with Gasteiger partial charge in [-0.25, -0.2) is 0 Å². The lowest BCUT2D eigenvalue weighted by Crippen LogP contribution is -2.52. The normalized spacial score (nSPS) is 24.6. The predicted molar refractivity (Wildman–Crippen MR) is 85.8 cm³/mol. The number of likely N-dealkylation sites (N-methyl/N-ethyl adjacent to an activating group) is 1. The summed E-state index contributed by atoms with van der Waals surface area (Å²) in [7, 11) is 1.88. The zero-order chi connectivity index (χ0) is 15.4. The van der Waals surface area contributed by atoms with Crippen LogP contribution in [0, 0.1) is 0 Å². The third-order valence-electron chi connectivity index (χ3n) is 4.50. The van der Waals surface area contributed by atoms with Gasteiger partial charge in [-0.1, -0.05) is 30.3 Å². The summed E-state index contributed by atoms with van der Waals surface area (Å²) < 4.78 is 0. The molecule has 0 unspecified atom stereocenters. The van der Waals surface area contributed by atoms with Crippen molar-refractivity contribution in [2.45, 2.75) is 51.4 Å². The minimum atomic E-state index is -0.410.